The molecule has 0 spiro atoms. The lowest BCUT2D eigenvalue weighted by Crippen LogP contribution is -2.28. The van der Waals surface area contributed by atoms with Crippen LogP contribution < -0.4 is 15.5 Å². The van der Waals surface area contributed by atoms with Gasteiger partial charge in [0.2, 0.25) is 17.7 Å². The predicted octanol–water partition coefficient (Wildman–Crippen LogP) is 5.06. The van der Waals surface area contributed by atoms with E-state index in [1.54, 1.807) is 16.7 Å². The topological polar surface area (TPSA) is 78.5 Å². The fourth-order valence-corrected chi connectivity index (χ4v) is 4.85. The molecule has 33 heavy (non-hydrogen) atoms. The Hall–Kier alpha value is -2.87. The number of carbonyl (C=O) groups is 3. The second-order valence-corrected chi connectivity index (χ2v) is 9.49. The maximum absolute atomic E-state index is 14.3. The predicted molar refractivity (Wildman–Crippen MR) is 129 cm³/mol. The first kappa shape index (κ1) is 23.3. The zero-order chi connectivity index (χ0) is 23.4. The van der Waals surface area contributed by atoms with Crippen LogP contribution in [0.25, 0.3) is 0 Å². The summed E-state index contributed by atoms with van der Waals surface area (Å²) < 4.78 is 14.3. The molecule has 1 saturated carbocycles. The lowest BCUT2D eigenvalue weighted by atomic mass is 9.88. The summed E-state index contributed by atoms with van der Waals surface area (Å²) in [5.41, 5.74) is 1.21. The van der Waals surface area contributed by atoms with Gasteiger partial charge in [-0.15, -0.1) is 11.8 Å². The highest BCUT2D eigenvalue weighted by Gasteiger charge is 2.35. The van der Waals surface area contributed by atoms with Crippen molar-refractivity contribution >= 4 is 46.5 Å². The third-order valence-corrected chi connectivity index (χ3v) is 7.09. The number of halogens is 1. The van der Waals surface area contributed by atoms with Gasteiger partial charge in [-0.1, -0.05) is 19.3 Å². The molecule has 6 nitrogen and oxygen atoms in total. The maximum Gasteiger partial charge on any atom is 0.229 e. The molecule has 1 aliphatic heterocycles. The van der Waals surface area contributed by atoms with Gasteiger partial charge in [-0.2, -0.15) is 0 Å². The molecule has 4 rings (SSSR count). The first-order chi connectivity index (χ1) is 15.9. The van der Waals surface area contributed by atoms with Crippen LogP contribution in [0.3, 0.4) is 0 Å². The van der Waals surface area contributed by atoms with Gasteiger partial charge in [0.1, 0.15) is 5.82 Å². The number of carbonyl (C=O) groups excluding carboxylic acids is 3. The molecule has 8 heteroatoms. The van der Waals surface area contributed by atoms with Crippen LogP contribution in [0.5, 0.6) is 0 Å². The molecule has 0 bridgehead atoms. The van der Waals surface area contributed by atoms with Crippen LogP contribution in [0.1, 0.15) is 38.5 Å². The Labute approximate surface area is 197 Å². The summed E-state index contributed by atoms with van der Waals surface area (Å²) >= 11 is 1.62. The lowest BCUT2D eigenvalue weighted by Gasteiger charge is -2.21. The Bertz CT molecular complexity index is 1040. The Kier molecular flexibility index (Phi) is 7.33. The molecule has 1 heterocycles. The summed E-state index contributed by atoms with van der Waals surface area (Å²) in [6.07, 6.45) is 6.88. The Balaban J connectivity index is 1.39. The highest BCUT2D eigenvalue weighted by atomic mass is 32.2. The van der Waals surface area contributed by atoms with Crippen molar-refractivity contribution in [2.75, 3.05) is 28.3 Å². The van der Waals surface area contributed by atoms with Gasteiger partial charge in [0.05, 0.1) is 11.6 Å². The Morgan fingerprint density at radius 2 is 1.67 bits per heavy atom. The minimum atomic E-state index is -0.548. The average Bonchev–Trinajstić information content (AvgIpc) is 3.23. The number of hydrogen-bond acceptors (Lipinski definition) is 4. The number of hydrogen-bond donors (Lipinski definition) is 2. The third kappa shape index (κ3) is 5.55. The van der Waals surface area contributed by atoms with Crippen LogP contribution in [-0.4, -0.2) is 30.5 Å². The molecule has 2 N–H and O–H groups in total. The number of nitrogens with zero attached hydrogens (tertiary/aromatic N) is 1. The van der Waals surface area contributed by atoms with Gasteiger partial charge in [0, 0.05) is 35.2 Å². The lowest BCUT2D eigenvalue weighted by molar-refractivity contribution is -0.122. The van der Waals surface area contributed by atoms with Gasteiger partial charge in [-0.3, -0.25) is 14.4 Å². The highest BCUT2D eigenvalue weighted by Crippen LogP contribution is 2.29. The highest BCUT2D eigenvalue weighted by molar-refractivity contribution is 7.98. The van der Waals surface area contributed by atoms with Gasteiger partial charge in [-0.25, -0.2) is 4.39 Å². The molecule has 2 aromatic carbocycles. The van der Waals surface area contributed by atoms with E-state index in [4.69, 9.17) is 0 Å². The van der Waals surface area contributed by atoms with E-state index in [1.807, 2.05) is 30.5 Å². The van der Waals surface area contributed by atoms with Crippen molar-refractivity contribution in [1.82, 2.24) is 0 Å². The molecule has 1 aliphatic carbocycles. The van der Waals surface area contributed by atoms with Gasteiger partial charge >= 0.3 is 0 Å². The number of amides is 3. The van der Waals surface area contributed by atoms with Crippen molar-refractivity contribution in [3.63, 3.8) is 0 Å². The SMILES string of the molecule is CSc1ccc(N2CC(C(=O)Nc3ccc(F)c(NC(=O)C4CCCCC4)c3)CC2=O)cc1. The number of nitrogens with one attached hydrogen (secondary N) is 2. The van der Waals surface area contributed by atoms with Crippen molar-refractivity contribution in [1.29, 1.82) is 0 Å². The largest absolute Gasteiger partial charge is 0.326 e. The average molecular weight is 470 g/mol. The molecule has 1 unspecified atom stereocenters. The number of anilines is 3. The normalized spacial score (nSPS) is 18.9. The monoisotopic (exact) mass is 469 g/mol. The molecular weight excluding hydrogens is 441 g/mol. The minimum Gasteiger partial charge on any atom is -0.326 e. The van der Waals surface area contributed by atoms with Crippen LogP contribution in [0, 0.1) is 17.7 Å². The fourth-order valence-electron chi connectivity index (χ4n) is 4.44. The number of benzene rings is 2. The molecule has 2 aliphatic rings. The van der Waals surface area contributed by atoms with Crippen molar-refractivity contribution in [2.45, 2.75) is 43.4 Å². The van der Waals surface area contributed by atoms with E-state index < -0.39 is 11.7 Å². The third-order valence-electron chi connectivity index (χ3n) is 6.35. The fraction of sp³-hybridized carbons (Fsp3) is 0.400. The number of thioether (sulfide) groups is 1. The minimum absolute atomic E-state index is 0.0568. The molecule has 3 amide bonds. The maximum atomic E-state index is 14.3. The summed E-state index contributed by atoms with van der Waals surface area (Å²) in [6.45, 7) is 0.287. The Morgan fingerprint density at radius 3 is 2.36 bits per heavy atom. The van der Waals surface area contributed by atoms with E-state index in [0.717, 1.165) is 42.7 Å². The summed E-state index contributed by atoms with van der Waals surface area (Å²) in [5, 5.41) is 5.45. The van der Waals surface area contributed by atoms with Crippen molar-refractivity contribution < 1.29 is 18.8 Å². The van der Waals surface area contributed by atoms with Crippen LogP contribution >= 0.6 is 11.8 Å². The molecule has 1 atom stereocenters. The molecule has 174 valence electrons. The molecule has 0 radical (unpaired) electrons. The summed E-state index contributed by atoms with van der Waals surface area (Å²) in [6, 6.07) is 11.8. The number of rotatable bonds is 6. The van der Waals surface area contributed by atoms with Crippen LogP contribution in [-0.2, 0) is 14.4 Å². The van der Waals surface area contributed by atoms with Crippen LogP contribution in [0.15, 0.2) is 47.4 Å². The van der Waals surface area contributed by atoms with Crippen molar-refractivity contribution in [3.8, 4) is 0 Å². The zero-order valence-corrected chi connectivity index (χ0v) is 19.4. The quantitative estimate of drug-likeness (QED) is 0.580. The first-order valence-corrected chi connectivity index (χ1v) is 12.5. The smallest absolute Gasteiger partial charge is 0.229 e. The van der Waals surface area contributed by atoms with E-state index in [9.17, 15) is 18.8 Å². The van der Waals surface area contributed by atoms with E-state index in [-0.39, 0.29) is 42.3 Å². The second-order valence-electron chi connectivity index (χ2n) is 8.61. The zero-order valence-electron chi connectivity index (χ0n) is 18.6. The van der Waals surface area contributed by atoms with E-state index >= 15 is 0 Å². The van der Waals surface area contributed by atoms with Gasteiger partial charge in [0.15, 0.2) is 0 Å². The van der Waals surface area contributed by atoms with Crippen molar-refractivity contribution in [3.05, 3.63) is 48.3 Å². The molecule has 0 aromatic heterocycles. The van der Waals surface area contributed by atoms with E-state index in [1.165, 1.54) is 18.2 Å². The molecule has 2 fully saturated rings. The van der Waals surface area contributed by atoms with E-state index in [2.05, 4.69) is 10.6 Å². The Morgan fingerprint density at radius 1 is 0.970 bits per heavy atom. The van der Waals surface area contributed by atoms with Crippen molar-refractivity contribution in [2.24, 2.45) is 11.8 Å². The molecule has 1 saturated heterocycles. The standard InChI is InChI=1S/C25H28FN3O3S/c1-33-20-10-8-19(9-11-20)29-15-17(13-23(29)30)25(32)27-18-7-12-21(26)22(14-18)28-24(31)16-5-3-2-4-6-16/h7-12,14,16-17H,2-6,13,15H2,1H3,(H,27,32)(H,28,31). The second kappa shape index (κ2) is 10.4. The summed E-state index contributed by atoms with van der Waals surface area (Å²) in [5.74, 6) is -1.75. The van der Waals surface area contributed by atoms with Gasteiger partial charge in [0.25, 0.3) is 0 Å². The van der Waals surface area contributed by atoms with Gasteiger partial charge < -0.3 is 15.5 Å². The molecule has 2 aromatic rings. The summed E-state index contributed by atoms with van der Waals surface area (Å²) in [4.78, 5) is 40.6. The van der Waals surface area contributed by atoms with Crippen LogP contribution in [0.2, 0.25) is 0 Å². The van der Waals surface area contributed by atoms with E-state index in [0.29, 0.717) is 5.69 Å². The first-order valence-electron chi connectivity index (χ1n) is 11.3. The van der Waals surface area contributed by atoms with Gasteiger partial charge in [-0.05, 0) is 61.6 Å². The summed E-state index contributed by atoms with van der Waals surface area (Å²) in [7, 11) is 0. The molecular formula is C25H28FN3O3S. The van der Waals surface area contributed by atoms with Crippen LogP contribution in [0.4, 0.5) is 21.5 Å².